The zero-order valence-electron chi connectivity index (χ0n) is 17.0. The number of piperazine rings is 1. The van der Waals surface area contributed by atoms with Crippen molar-refractivity contribution in [1.82, 2.24) is 9.80 Å². The Kier molecular flexibility index (Phi) is 6.44. The molecule has 1 aliphatic rings. The minimum atomic E-state index is -3.70. The van der Waals surface area contributed by atoms with Crippen molar-refractivity contribution in [3.63, 3.8) is 0 Å². The number of hydrogen-bond donors (Lipinski definition) is 0. The number of likely N-dealkylation sites (N-methyl/N-ethyl adjacent to an activating group) is 1. The highest BCUT2D eigenvalue weighted by molar-refractivity contribution is 7.92. The number of nitrogens with zero attached hydrogens (tertiary/aromatic N) is 3. The molecule has 3 rings (SSSR count). The third-order valence-electron chi connectivity index (χ3n) is 5.30. The van der Waals surface area contributed by atoms with E-state index in [1.165, 1.54) is 30.6 Å². The van der Waals surface area contributed by atoms with Crippen molar-refractivity contribution in [2.24, 2.45) is 0 Å². The highest BCUT2D eigenvalue weighted by Crippen LogP contribution is 2.24. The first kappa shape index (κ1) is 21.1. The number of hydrogen-bond acceptors (Lipinski definition) is 5. The van der Waals surface area contributed by atoms with Gasteiger partial charge in [-0.3, -0.25) is 9.10 Å². The molecule has 0 N–H and O–H groups in total. The van der Waals surface area contributed by atoms with E-state index in [1.807, 2.05) is 4.90 Å². The van der Waals surface area contributed by atoms with Gasteiger partial charge in [0, 0.05) is 38.8 Å². The van der Waals surface area contributed by atoms with Gasteiger partial charge in [0.25, 0.3) is 15.9 Å². The van der Waals surface area contributed by atoms with Crippen molar-refractivity contribution in [2.75, 3.05) is 51.2 Å². The Hall–Kier alpha value is -2.58. The molecule has 0 spiro atoms. The number of amides is 1. The number of rotatable bonds is 6. The van der Waals surface area contributed by atoms with E-state index in [4.69, 9.17) is 4.74 Å². The predicted molar refractivity (Wildman–Crippen MR) is 113 cm³/mol. The second-order valence-corrected chi connectivity index (χ2v) is 8.89. The molecule has 8 heteroatoms. The summed E-state index contributed by atoms with van der Waals surface area (Å²) in [5.74, 6) is 0.571. The van der Waals surface area contributed by atoms with Crippen molar-refractivity contribution in [2.45, 2.75) is 11.8 Å². The molecule has 0 aromatic heterocycles. The number of benzene rings is 2. The van der Waals surface area contributed by atoms with Crippen molar-refractivity contribution >= 4 is 21.6 Å². The predicted octanol–water partition coefficient (Wildman–Crippen LogP) is 2.30. The lowest BCUT2D eigenvalue weighted by Gasteiger charge is -2.34. The van der Waals surface area contributed by atoms with Gasteiger partial charge in [0.1, 0.15) is 5.75 Å². The number of sulfonamides is 1. The lowest BCUT2D eigenvalue weighted by Crippen LogP contribution is -2.48. The quantitative estimate of drug-likeness (QED) is 0.721. The summed E-state index contributed by atoms with van der Waals surface area (Å²) in [6, 6.07) is 12.9. The number of anilines is 1. The smallest absolute Gasteiger partial charge is 0.264 e. The average molecular weight is 418 g/mol. The van der Waals surface area contributed by atoms with E-state index < -0.39 is 10.0 Å². The maximum atomic E-state index is 12.9. The number of carbonyl (C=O) groups excluding carboxylic acids is 1. The van der Waals surface area contributed by atoms with Crippen LogP contribution in [0.1, 0.15) is 17.3 Å². The monoisotopic (exact) mass is 417 g/mol. The van der Waals surface area contributed by atoms with Gasteiger partial charge in [-0.2, -0.15) is 0 Å². The van der Waals surface area contributed by atoms with Crippen LogP contribution in [0.4, 0.5) is 5.69 Å². The molecule has 0 aliphatic carbocycles. The Labute approximate surface area is 172 Å². The van der Waals surface area contributed by atoms with Crippen LogP contribution < -0.4 is 9.04 Å². The lowest BCUT2D eigenvalue weighted by atomic mass is 10.1. The van der Waals surface area contributed by atoms with Gasteiger partial charge in [0.2, 0.25) is 0 Å². The zero-order chi connectivity index (χ0) is 21.0. The molecule has 1 heterocycles. The molecule has 0 bridgehead atoms. The Balaban J connectivity index is 1.72. The lowest BCUT2D eigenvalue weighted by molar-refractivity contribution is 0.0643. The van der Waals surface area contributed by atoms with E-state index in [0.29, 0.717) is 30.1 Å². The molecule has 1 aliphatic heterocycles. The van der Waals surface area contributed by atoms with Crippen molar-refractivity contribution in [3.8, 4) is 5.75 Å². The minimum absolute atomic E-state index is 0.0204. The molecule has 1 fully saturated rings. The summed E-state index contributed by atoms with van der Waals surface area (Å²) < 4.78 is 32.0. The highest BCUT2D eigenvalue weighted by atomic mass is 32.2. The maximum Gasteiger partial charge on any atom is 0.264 e. The van der Waals surface area contributed by atoms with E-state index in [-0.39, 0.29) is 10.8 Å². The van der Waals surface area contributed by atoms with Crippen LogP contribution in [-0.2, 0) is 10.0 Å². The van der Waals surface area contributed by atoms with Gasteiger partial charge >= 0.3 is 0 Å². The molecule has 156 valence electrons. The summed E-state index contributed by atoms with van der Waals surface area (Å²) in [4.78, 5) is 17.1. The van der Waals surface area contributed by atoms with Gasteiger partial charge in [-0.05, 0) is 55.1 Å². The third kappa shape index (κ3) is 4.54. The van der Waals surface area contributed by atoms with E-state index in [2.05, 4.69) is 11.8 Å². The summed E-state index contributed by atoms with van der Waals surface area (Å²) >= 11 is 0. The van der Waals surface area contributed by atoms with Gasteiger partial charge in [-0.25, -0.2) is 8.42 Å². The molecule has 0 unspecified atom stereocenters. The van der Waals surface area contributed by atoms with Gasteiger partial charge in [0.05, 0.1) is 17.7 Å². The first-order valence-corrected chi connectivity index (χ1v) is 11.1. The van der Waals surface area contributed by atoms with Crippen molar-refractivity contribution in [1.29, 1.82) is 0 Å². The summed E-state index contributed by atoms with van der Waals surface area (Å²) in [5, 5.41) is 0. The van der Waals surface area contributed by atoms with E-state index >= 15 is 0 Å². The average Bonchev–Trinajstić information content (AvgIpc) is 2.78. The summed E-state index contributed by atoms with van der Waals surface area (Å²) in [5.41, 5.74) is 1.06. The second kappa shape index (κ2) is 8.84. The standard InChI is InChI=1S/C21H27N3O4S/c1-4-23-13-15-24(16-14-23)21(25)17-5-7-18(8-6-17)22(2)29(26,27)20-11-9-19(28-3)10-12-20/h5-12H,4,13-16H2,1-3H3. The number of carbonyl (C=O) groups is 1. The number of methoxy groups -OCH3 is 1. The Morgan fingerprint density at radius 1 is 1.00 bits per heavy atom. The van der Waals surface area contributed by atoms with Crippen LogP contribution in [0.3, 0.4) is 0 Å². The zero-order valence-corrected chi connectivity index (χ0v) is 17.9. The van der Waals surface area contributed by atoms with Gasteiger partial charge in [0.15, 0.2) is 0 Å². The fourth-order valence-electron chi connectivity index (χ4n) is 3.31. The fraction of sp³-hybridized carbons (Fsp3) is 0.381. The minimum Gasteiger partial charge on any atom is -0.497 e. The Morgan fingerprint density at radius 2 is 1.59 bits per heavy atom. The van der Waals surface area contributed by atoms with Crippen LogP contribution >= 0.6 is 0 Å². The van der Waals surface area contributed by atoms with Crippen LogP contribution in [0.2, 0.25) is 0 Å². The summed E-state index contributed by atoms with van der Waals surface area (Å²) in [6.07, 6.45) is 0. The molecule has 0 saturated carbocycles. The Bertz CT molecular complexity index is 935. The SMILES string of the molecule is CCN1CCN(C(=O)c2ccc(N(C)S(=O)(=O)c3ccc(OC)cc3)cc2)CC1. The van der Waals surface area contributed by atoms with Crippen LogP contribution in [-0.4, -0.2) is 71.0 Å². The first-order chi connectivity index (χ1) is 13.9. The molecule has 2 aromatic carbocycles. The summed E-state index contributed by atoms with van der Waals surface area (Å²) in [6.45, 7) is 6.28. The summed E-state index contributed by atoms with van der Waals surface area (Å²) in [7, 11) is -0.672. The second-order valence-electron chi connectivity index (χ2n) is 6.92. The van der Waals surface area contributed by atoms with Gasteiger partial charge < -0.3 is 14.5 Å². The largest absolute Gasteiger partial charge is 0.497 e. The molecular formula is C21H27N3O4S. The number of ether oxygens (including phenoxy) is 1. The third-order valence-corrected chi connectivity index (χ3v) is 7.10. The van der Waals surface area contributed by atoms with Crippen LogP contribution in [0.15, 0.2) is 53.4 Å². The first-order valence-electron chi connectivity index (χ1n) is 9.61. The molecule has 29 heavy (non-hydrogen) atoms. The molecule has 7 nitrogen and oxygen atoms in total. The fourth-order valence-corrected chi connectivity index (χ4v) is 4.50. The van der Waals surface area contributed by atoms with Crippen LogP contribution in [0.5, 0.6) is 5.75 Å². The van der Waals surface area contributed by atoms with E-state index in [1.54, 1.807) is 36.4 Å². The van der Waals surface area contributed by atoms with E-state index in [9.17, 15) is 13.2 Å². The topological polar surface area (TPSA) is 70.2 Å². The molecule has 1 saturated heterocycles. The maximum absolute atomic E-state index is 12.9. The van der Waals surface area contributed by atoms with Crippen LogP contribution in [0, 0.1) is 0 Å². The molecule has 2 aromatic rings. The molecular weight excluding hydrogens is 390 g/mol. The van der Waals surface area contributed by atoms with Crippen molar-refractivity contribution < 1.29 is 17.9 Å². The van der Waals surface area contributed by atoms with Gasteiger partial charge in [-0.1, -0.05) is 6.92 Å². The highest BCUT2D eigenvalue weighted by Gasteiger charge is 2.23. The van der Waals surface area contributed by atoms with Crippen LogP contribution in [0.25, 0.3) is 0 Å². The van der Waals surface area contributed by atoms with Gasteiger partial charge in [-0.15, -0.1) is 0 Å². The van der Waals surface area contributed by atoms with E-state index in [0.717, 1.165) is 19.6 Å². The van der Waals surface area contributed by atoms with Crippen molar-refractivity contribution in [3.05, 3.63) is 54.1 Å². The molecule has 1 amide bonds. The Morgan fingerprint density at radius 3 is 2.10 bits per heavy atom. The normalized spacial score (nSPS) is 15.2. The molecule has 0 atom stereocenters. The molecule has 0 radical (unpaired) electrons.